The Kier molecular flexibility index (Phi) is 7.54. The van der Waals surface area contributed by atoms with Gasteiger partial charge in [-0.05, 0) is 57.0 Å². The highest BCUT2D eigenvalue weighted by atomic mass is 16.5. The van der Waals surface area contributed by atoms with Gasteiger partial charge in [0, 0.05) is 24.9 Å². The molecule has 2 aliphatic rings. The van der Waals surface area contributed by atoms with Gasteiger partial charge in [-0.15, -0.1) is 0 Å². The Morgan fingerprint density at radius 3 is 2.92 bits per heavy atom. The van der Waals surface area contributed by atoms with Crippen LogP contribution in [0.3, 0.4) is 0 Å². The van der Waals surface area contributed by atoms with Gasteiger partial charge in [0.25, 0.3) is 0 Å². The summed E-state index contributed by atoms with van der Waals surface area (Å²) in [6, 6.07) is 2.52. The van der Waals surface area contributed by atoms with Crippen LogP contribution < -0.4 is 10.6 Å². The molecule has 1 aromatic heterocycles. The fourth-order valence-electron chi connectivity index (χ4n) is 4.45. The van der Waals surface area contributed by atoms with E-state index in [9.17, 15) is 4.79 Å². The number of aryl methyl sites for hydroxylation is 1. The van der Waals surface area contributed by atoms with Crippen molar-refractivity contribution in [3.63, 3.8) is 0 Å². The third-order valence-corrected chi connectivity index (χ3v) is 6.04. The van der Waals surface area contributed by atoms with Gasteiger partial charge in [-0.3, -0.25) is 4.79 Å². The van der Waals surface area contributed by atoms with Crippen molar-refractivity contribution in [3.8, 4) is 0 Å². The van der Waals surface area contributed by atoms with Gasteiger partial charge in [-0.2, -0.15) is 0 Å². The van der Waals surface area contributed by atoms with E-state index in [1.807, 2.05) is 0 Å². The van der Waals surface area contributed by atoms with Crippen molar-refractivity contribution in [2.45, 2.75) is 83.6 Å². The van der Waals surface area contributed by atoms with Crippen LogP contribution >= 0.6 is 0 Å². The maximum atomic E-state index is 12.5. The van der Waals surface area contributed by atoms with E-state index in [-0.39, 0.29) is 5.91 Å². The maximum absolute atomic E-state index is 12.5. The van der Waals surface area contributed by atoms with Crippen LogP contribution in [0.25, 0.3) is 0 Å². The molecule has 0 bridgehead atoms. The molecule has 5 nitrogen and oxygen atoms in total. The number of nitrogens with one attached hydrogen (secondary N) is 2. The quantitative estimate of drug-likeness (QED) is 0.742. The van der Waals surface area contributed by atoms with Gasteiger partial charge in [0.05, 0.1) is 5.69 Å². The summed E-state index contributed by atoms with van der Waals surface area (Å²) in [5.74, 6) is 2.15. The van der Waals surface area contributed by atoms with Gasteiger partial charge in [0.15, 0.2) is 0 Å². The van der Waals surface area contributed by atoms with Crippen LogP contribution in [0.2, 0.25) is 0 Å². The molecule has 1 amide bonds. The fourth-order valence-corrected chi connectivity index (χ4v) is 4.45. The van der Waals surface area contributed by atoms with Gasteiger partial charge in [-0.25, -0.2) is 0 Å². The van der Waals surface area contributed by atoms with Crippen LogP contribution in [0.1, 0.15) is 76.2 Å². The largest absolute Gasteiger partial charge is 0.361 e. The number of hydrogen-bond donors (Lipinski definition) is 2. The number of unbranched alkanes of at least 4 members (excludes halogenated alkanes) is 1. The van der Waals surface area contributed by atoms with Crippen LogP contribution in [0.15, 0.2) is 10.6 Å². The molecule has 0 spiro atoms. The van der Waals surface area contributed by atoms with Crippen LogP contribution in [0.4, 0.5) is 0 Å². The van der Waals surface area contributed by atoms with Gasteiger partial charge in [-0.1, -0.05) is 37.8 Å². The minimum atomic E-state index is 0.248. The number of aromatic nitrogens is 1. The number of nitrogens with zero attached hydrogens (tertiary/aromatic N) is 1. The lowest BCUT2D eigenvalue weighted by atomic mass is 9.81. The Hall–Kier alpha value is -1.36. The normalized spacial score (nSPS) is 24.5. The summed E-state index contributed by atoms with van der Waals surface area (Å²) in [5, 5.41) is 11.0. The minimum absolute atomic E-state index is 0.248. The monoisotopic (exact) mass is 361 g/mol. The van der Waals surface area contributed by atoms with Gasteiger partial charge in [0.2, 0.25) is 5.91 Å². The number of rotatable bonds is 8. The van der Waals surface area contributed by atoms with Gasteiger partial charge < -0.3 is 15.2 Å². The lowest BCUT2D eigenvalue weighted by Gasteiger charge is -2.32. The summed E-state index contributed by atoms with van der Waals surface area (Å²) in [6.45, 7) is 4.17. The van der Waals surface area contributed by atoms with E-state index in [0.29, 0.717) is 24.3 Å². The SMILES string of the molecule is CCCCc1cc(C[C@H]2CNCC[C@H]2CC(=O)NC2CCCCC2)no1. The van der Waals surface area contributed by atoms with Crippen molar-refractivity contribution < 1.29 is 9.32 Å². The third kappa shape index (κ3) is 5.83. The highest BCUT2D eigenvalue weighted by Crippen LogP contribution is 2.27. The van der Waals surface area contributed by atoms with Crippen molar-refractivity contribution in [1.29, 1.82) is 0 Å². The Balaban J connectivity index is 1.50. The lowest BCUT2D eigenvalue weighted by molar-refractivity contribution is -0.123. The van der Waals surface area contributed by atoms with Crippen molar-refractivity contribution in [2.75, 3.05) is 13.1 Å². The first-order valence-electron chi connectivity index (χ1n) is 10.7. The molecule has 0 unspecified atom stereocenters. The van der Waals surface area contributed by atoms with Crippen LogP contribution in [-0.2, 0) is 17.6 Å². The predicted molar refractivity (Wildman–Crippen MR) is 103 cm³/mol. The zero-order valence-corrected chi connectivity index (χ0v) is 16.3. The summed E-state index contributed by atoms with van der Waals surface area (Å²) < 4.78 is 5.48. The molecule has 2 atom stereocenters. The van der Waals surface area contributed by atoms with E-state index in [0.717, 1.165) is 63.1 Å². The molecule has 26 heavy (non-hydrogen) atoms. The van der Waals surface area contributed by atoms with E-state index in [1.165, 1.54) is 25.7 Å². The highest BCUT2D eigenvalue weighted by Gasteiger charge is 2.29. The summed E-state index contributed by atoms with van der Waals surface area (Å²) >= 11 is 0. The average Bonchev–Trinajstić information content (AvgIpc) is 3.10. The molecule has 1 saturated heterocycles. The molecule has 2 N–H and O–H groups in total. The molecule has 1 aliphatic carbocycles. The maximum Gasteiger partial charge on any atom is 0.220 e. The van der Waals surface area contributed by atoms with Crippen LogP contribution in [0.5, 0.6) is 0 Å². The summed E-state index contributed by atoms with van der Waals surface area (Å²) in [5.41, 5.74) is 1.04. The zero-order chi connectivity index (χ0) is 18.2. The zero-order valence-electron chi connectivity index (χ0n) is 16.3. The number of piperidine rings is 1. The summed E-state index contributed by atoms with van der Waals surface area (Å²) in [7, 11) is 0. The van der Waals surface area contributed by atoms with Crippen LogP contribution in [0, 0.1) is 11.8 Å². The molecule has 2 fully saturated rings. The first-order chi connectivity index (χ1) is 12.7. The molecule has 3 rings (SSSR count). The molecule has 0 aromatic carbocycles. The summed E-state index contributed by atoms with van der Waals surface area (Å²) in [6.07, 6.45) is 12.1. The smallest absolute Gasteiger partial charge is 0.220 e. The minimum Gasteiger partial charge on any atom is -0.361 e. The Morgan fingerprint density at radius 1 is 1.27 bits per heavy atom. The fraction of sp³-hybridized carbons (Fsp3) is 0.810. The van der Waals surface area contributed by atoms with Crippen LogP contribution in [-0.4, -0.2) is 30.2 Å². The Labute approximate surface area is 157 Å². The van der Waals surface area contributed by atoms with E-state index in [2.05, 4.69) is 28.8 Å². The third-order valence-electron chi connectivity index (χ3n) is 6.04. The second-order valence-corrected chi connectivity index (χ2v) is 8.21. The number of carbonyl (C=O) groups is 1. The molecular weight excluding hydrogens is 326 g/mol. The van der Waals surface area contributed by atoms with Gasteiger partial charge in [0.1, 0.15) is 5.76 Å². The van der Waals surface area contributed by atoms with Crippen molar-refractivity contribution in [2.24, 2.45) is 11.8 Å². The Bertz CT molecular complexity index is 551. The number of hydrogen-bond acceptors (Lipinski definition) is 4. The average molecular weight is 362 g/mol. The first kappa shape index (κ1) is 19.4. The van der Waals surface area contributed by atoms with Crippen molar-refractivity contribution in [3.05, 3.63) is 17.5 Å². The highest BCUT2D eigenvalue weighted by molar-refractivity contribution is 5.76. The predicted octanol–water partition coefficient (Wildman–Crippen LogP) is 3.62. The lowest BCUT2D eigenvalue weighted by Crippen LogP contribution is -2.42. The summed E-state index contributed by atoms with van der Waals surface area (Å²) in [4.78, 5) is 12.5. The topological polar surface area (TPSA) is 67.2 Å². The van der Waals surface area contributed by atoms with E-state index in [1.54, 1.807) is 0 Å². The first-order valence-corrected chi connectivity index (χ1v) is 10.7. The van der Waals surface area contributed by atoms with Crippen molar-refractivity contribution >= 4 is 5.91 Å². The molecular formula is C21H35N3O2. The molecule has 1 aromatic rings. The van der Waals surface area contributed by atoms with E-state index in [4.69, 9.17) is 4.52 Å². The number of carbonyl (C=O) groups excluding carboxylic acids is 1. The van der Waals surface area contributed by atoms with E-state index < -0.39 is 0 Å². The molecule has 2 heterocycles. The number of amides is 1. The Morgan fingerprint density at radius 2 is 2.12 bits per heavy atom. The second kappa shape index (κ2) is 10.1. The molecule has 0 radical (unpaired) electrons. The van der Waals surface area contributed by atoms with Crippen molar-refractivity contribution in [1.82, 2.24) is 15.8 Å². The molecule has 1 aliphatic heterocycles. The standard InChI is InChI=1S/C21H35N3O2/c1-2-3-9-20-14-19(24-26-20)12-17-15-22-11-10-16(17)13-21(25)23-18-7-5-4-6-8-18/h14,16-18,22H,2-13,15H2,1H3,(H,23,25)/t16-,17-/m0/s1. The van der Waals surface area contributed by atoms with Gasteiger partial charge >= 0.3 is 0 Å². The van der Waals surface area contributed by atoms with E-state index >= 15 is 0 Å². The second-order valence-electron chi connectivity index (χ2n) is 8.21. The molecule has 5 heteroatoms. The molecule has 146 valence electrons. The molecule has 1 saturated carbocycles.